The summed E-state index contributed by atoms with van der Waals surface area (Å²) in [4.78, 5) is 49.2. The molecule has 144 valence electrons. The van der Waals surface area contributed by atoms with Gasteiger partial charge in [0, 0.05) is 23.1 Å². The van der Waals surface area contributed by atoms with E-state index in [1.165, 1.54) is 30.0 Å². The number of amides is 3. The summed E-state index contributed by atoms with van der Waals surface area (Å²) in [5.41, 5.74) is 0.176. The van der Waals surface area contributed by atoms with Crippen molar-refractivity contribution in [3.63, 3.8) is 0 Å². The molecule has 1 aromatic heterocycles. The number of nitrogens with one attached hydrogen (secondary N) is 2. The zero-order valence-corrected chi connectivity index (χ0v) is 15.9. The van der Waals surface area contributed by atoms with Crippen LogP contribution in [0.15, 0.2) is 28.8 Å². The molecule has 3 rings (SSSR count). The molecule has 0 radical (unpaired) electrons. The fourth-order valence-corrected chi connectivity index (χ4v) is 4.73. The lowest BCUT2D eigenvalue weighted by molar-refractivity contribution is -0.149. The number of carbonyl (C=O) groups is 4. The normalized spacial score (nSPS) is 21.2. The molecule has 2 aliphatic heterocycles. The first-order chi connectivity index (χ1) is 12.9. The Morgan fingerprint density at radius 3 is 2.81 bits per heavy atom. The number of urea groups is 1. The molecule has 9 nitrogen and oxygen atoms in total. The molecule has 0 bridgehead atoms. The predicted molar refractivity (Wildman–Crippen MR) is 97.9 cm³/mol. The highest BCUT2D eigenvalue weighted by molar-refractivity contribution is 8.00. The third-order valence-electron chi connectivity index (χ3n) is 3.99. The zero-order chi connectivity index (χ0) is 19.6. The molecule has 3 N–H and O–H groups in total. The summed E-state index contributed by atoms with van der Waals surface area (Å²) < 4.78 is 4.87. The number of rotatable bonds is 6. The molecule has 0 saturated carbocycles. The first-order valence-electron chi connectivity index (χ1n) is 7.98. The number of fused-ring (bicyclic) bond motifs is 1. The number of β-lactam (4-membered cyclic amide) rings is 1. The molecule has 27 heavy (non-hydrogen) atoms. The van der Waals surface area contributed by atoms with Gasteiger partial charge in [0.15, 0.2) is 0 Å². The average Bonchev–Trinajstić information content (AvgIpc) is 3.15. The number of carbonyl (C=O) groups excluding carboxylic acids is 3. The van der Waals surface area contributed by atoms with Crippen molar-refractivity contribution in [3.05, 3.63) is 33.7 Å². The lowest BCUT2D eigenvalue weighted by Gasteiger charge is -2.49. The van der Waals surface area contributed by atoms with Crippen molar-refractivity contribution in [1.82, 2.24) is 15.5 Å². The lowest BCUT2D eigenvalue weighted by Crippen LogP contribution is -2.71. The van der Waals surface area contributed by atoms with E-state index < -0.39 is 35.3 Å². The summed E-state index contributed by atoms with van der Waals surface area (Å²) >= 11 is 2.82. The van der Waals surface area contributed by atoms with Crippen LogP contribution < -0.4 is 10.6 Å². The van der Waals surface area contributed by atoms with Crippen molar-refractivity contribution in [1.29, 1.82) is 0 Å². The summed E-state index contributed by atoms with van der Waals surface area (Å²) in [5.74, 6) is -2.01. The van der Waals surface area contributed by atoms with Gasteiger partial charge in [0.1, 0.15) is 23.7 Å². The Hall–Kier alpha value is -2.53. The van der Waals surface area contributed by atoms with E-state index >= 15 is 0 Å². The number of aliphatic carboxylic acids is 1. The van der Waals surface area contributed by atoms with Crippen LogP contribution >= 0.6 is 23.1 Å². The summed E-state index contributed by atoms with van der Waals surface area (Å²) in [6.07, 6.45) is 0. The summed E-state index contributed by atoms with van der Waals surface area (Å²) in [7, 11) is 0. The van der Waals surface area contributed by atoms with E-state index in [0.717, 1.165) is 9.78 Å². The minimum absolute atomic E-state index is 0.179. The molecule has 3 amide bonds. The van der Waals surface area contributed by atoms with E-state index in [4.69, 9.17) is 4.74 Å². The van der Waals surface area contributed by atoms with Crippen LogP contribution in [0, 0.1) is 0 Å². The Labute approximate surface area is 162 Å². The van der Waals surface area contributed by atoms with Crippen LogP contribution in [-0.4, -0.2) is 57.7 Å². The number of thiophene rings is 1. The largest absolute Gasteiger partial charge is 0.477 e. The van der Waals surface area contributed by atoms with Crippen molar-refractivity contribution >= 4 is 47.0 Å². The second-order valence-corrected chi connectivity index (χ2v) is 7.97. The van der Waals surface area contributed by atoms with E-state index in [9.17, 15) is 24.3 Å². The minimum Gasteiger partial charge on any atom is -0.477 e. The van der Waals surface area contributed by atoms with Gasteiger partial charge in [0.25, 0.3) is 5.91 Å². The number of esters is 1. The predicted octanol–water partition coefficient (Wildman–Crippen LogP) is 0.733. The van der Waals surface area contributed by atoms with Gasteiger partial charge in [-0.3, -0.25) is 14.5 Å². The van der Waals surface area contributed by atoms with Gasteiger partial charge in [0.2, 0.25) is 0 Å². The molecule has 1 aromatic rings. The number of ether oxygens (including phenoxy) is 1. The standard InChI is InChI=1S/C16H17N3O6S2/c1-8(20)25-6-9-7-27-14-11(13(21)19(14)12(9)15(22)23)18-16(24)17-5-10-3-2-4-26-10/h2-4,11,14H,5-7H2,1H3,(H,22,23)(H2,17,18,24)/t11-,14-/m1/s1. The Morgan fingerprint density at radius 2 is 2.19 bits per heavy atom. The molecular formula is C16H17N3O6S2. The van der Waals surface area contributed by atoms with Gasteiger partial charge in [-0.25, -0.2) is 9.59 Å². The molecule has 1 saturated heterocycles. The highest BCUT2D eigenvalue weighted by Crippen LogP contribution is 2.40. The molecule has 11 heteroatoms. The Morgan fingerprint density at radius 1 is 1.41 bits per heavy atom. The van der Waals surface area contributed by atoms with Gasteiger partial charge in [-0.1, -0.05) is 6.07 Å². The van der Waals surface area contributed by atoms with E-state index in [1.807, 2.05) is 17.5 Å². The van der Waals surface area contributed by atoms with Gasteiger partial charge >= 0.3 is 18.0 Å². The maximum Gasteiger partial charge on any atom is 0.352 e. The molecule has 0 unspecified atom stereocenters. The molecule has 0 aromatic carbocycles. The molecule has 3 heterocycles. The summed E-state index contributed by atoms with van der Waals surface area (Å²) in [6.45, 7) is 1.39. The van der Waals surface area contributed by atoms with Crippen LogP contribution in [0.4, 0.5) is 4.79 Å². The van der Waals surface area contributed by atoms with Gasteiger partial charge in [0.05, 0.1) is 6.54 Å². The van der Waals surface area contributed by atoms with Crippen LogP contribution in [0.1, 0.15) is 11.8 Å². The minimum atomic E-state index is -1.27. The SMILES string of the molecule is CC(=O)OCC1=C(C(=O)O)N2C(=O)[C@@H](NC(=O)NCc3cccs3)[C@H]2SC1. The van der Waals surface area contributed by atoms with E-state index in [2.05, 4.69) is 10.6 Å². The van der Waals surface area contributed by atoms with Crippen molar-refractivity contribution in [3.8, 4) is 0 Å². The number of carboxylic acid groups (broad SMARTS) is 1. The molecule has 0 aliphatic carbocycles. The smallest absolute Gasteiger partial charge is 0.352 e. The van der Waals surface area contributed by atoms with E-state index in [0.29, 0.717) is 17.9 Å². The van der Waals surface area contributed by atoms with Gasteiger partial charge in [-0.15, -0.1) is 23.1 Å². The summed E-state index contributed by atoms with van der Waals surface area (Å²) in [6, 6.07) is 2.46. The number of thioether (sulfide) groups is 1. The van der Waals surface area contributed by atoms with Crippen LogP contribution in [0.3, 0.4) is 0 Å². The van der Waals surface area contributed by atoms with Gasteiger partial charge in [-0.05, 0) is 11.4 Å². The Kier molecular flexibility index (Phi) is 5.71. The molecule has 1 fully saturated rings. The number of hydrogen-bond acceptors (Lipinski definition) is 7. The fraction of sp³-hybridized carbons (Fsp3) is 0.375. The first-order valence-corrected chi connectivity index (χ1v) is 9.91. The lowest BCUT2D eigenvalue weighted by atomic mass is 10.0. The number of nitrogens with zero attached hydrogens (tertiary/aromatic N) is 1. The van der Waals surface area contributed by atoms with Gasteiger partial charge < -0.3 is 20.5 Å². The Bertz CT molecular complexity index is 807. The molecule has 2 aliphatic rings. The van der Waals surface area contributed by atoms with Crippen molar-refractivity contribution in [2.45, 2.75) is 24.9 Å². The van der Waals surface area contributed by atoms with Crippen molar-refractivity contribution in [2.24, 2.45) is 0 Å². The fourth-order valence-electron chi connectivity index (χ4n) is 2.76. The van der Waals surface area contributed by atoms with Crippen LogP contribution in [-0.2, 0) is 25.7 Å². The zero-order valence-electron chi connectivity index (χ0n) is 14.3. The second-order valence-electron chi connectivity index (χ2n) is 5.83. The summed E-state index contributed by atoms with van der Waals surface area (Å²) in [5, 5.41) is 16.1. The van der Waals surface area contributed by atoms with Crippen LogP contribution in [0.5, 0.6) is 0 Å². The third kappa shape index (κ3) is 4.08. The van der Waals surface area contributed by atoms with Crippen molar-refractivity contribution < 1.29 is 29.0 Å². The topological polar surface area (TPSA) is 125 Å². The van der Waals surface area contributed by atoms with Gasteiger partial charge in [-0.2, -0.15) is 0 Å². The Balaban J connectivity index is 1.63. The van der Waals surface area contributed by atoms with E-state index in [-0.39, 0.29) is 12.3 Å². The molecule has 0 spiro atoms. The average molecular weight is 411 g/mol. The third-order valence-corrected chi connectivity index (χ3v) is 6.21. The maximum atomic E-state index is 12.4. The number of hydrogen-bond donors (Lipinski definition) is 3. The van der Waals surface area contributed by atoms with Crippen LogP contribution in [0.2, 0.25) is 0 Å². The maximum absolute atomic E-state index is 12.4. The highest BCUT2D eigenvalue weighted by Gasteiger charge is 2.54. The van der Waals surface area contributed by atoms with Crippen molar-refractivity contribution in [2.75, 3.05) is 12.4 Å². The molecular weight excluding hydrogens is 394 g/mol. The highest BCUT2D eigenvalue weighted by atomic mass is 32.2. The number of carboxylic acids is 1. The van der Waals surface area contributed by atoms with E-state index in [1.54, 1.807) is 0 Å². The first kappa shape index (κ1) is 19.2. The second kappa shape index (κ2) is 8.01. The molecule has 2 atom stereocenters. The van der Waals surface area contributed by atoms with Crippen LogP contribution in [0.25, 0.3) is 0 Å². The quantitative estimate of drug-likeness (QED) is 0.466. The monoisotopic (exact) mass is 411 g/mol.